The molecule has 0 aliphatic carbocycles. The van der Waals surface area contributed by atoms with Gasteiger partial charge in [-0.1, -0.05) is 24.9 Å². The monoisotopic (exact) mass is 310 g/mol. The van der Waals surface area contributed by atoms with E-state index in [9.17, 15) is 17.9 Å². The maximum absolute atomic E-state index is 13.7. The summed E-state index contributed by atoms with van der Waals surface area (Å²) in [6.45, 7) is 1.66. The highest BCUT2D eigenvalue weighted by Crippen LogP contribution is 2.25. The van der Waals surface area contributed by atoms with Crippen LogP contribution in [0.25, 0.3) is 0 Å². The second-order valence-corrected chi connectivity index (χ2v) is 6.27. The van der Waals surface area contributed by atoms with Crippen LogP contribution in [-0.2, 0) is 10.0 Å². The Morgan fingerprint density at radius 2 is 2.16 bits per heavy atom. The molecule has 0 bridgehead atoms. The van der Waals surface area contributed by atoms with Gasteiger partial charge in [-0.15, -0.1) is 0 Å². The van der Waals surface area contributed by atoms with Crippen molar-refractivity contribution in [2.75, 3.05) is 12.3 Å². The smallest absolute Gasteiger partial charge is 0.243 e. The van der Waals surface area contributed by atoms with Crippen LogP contribution in [0.4, 0.5) is 10.1 Å². The van der Waals surface area contributed by atoms with Crippen LogP contribution in [0.1, 0.15) is 19.8 Å². The Morgan fingerprint density at radius 1 is 1.53 bits per heavy atom. The van der Waals surface area contributed by atoms with E-state index in [4.69, 9.17) is 17.3 Å². The van der Waals surface area contributed by atoms with Crippen molar-refractivity contribution in [3.05, 3.63) is 23.0 Å². The lowest BCUT2D eigenvalue weighted by Crippen LogP contribution is -2.32. The van der Waals surface area contributed by atoms with Crippen molar-refractivity contribution >= 4 is 27.3 Å². The molecule has 1 rings (SSSR count). The van der Waals surface area contributed by atoms with Gasteiger partial charge in [-0.3, -0.25) is 0 Å². The molecule has 0 heterocycles. The molecule has 4 N–H and O–H groups in total. The zero-order valence-electron chi connectivity index (χ0n) is 10.4. The van der Waals surface area contributed by atoms with Crippen LogP contribution in [0.15, 0.2) is 17.0 Å². The minimum Gasteiger partial charge on any atom is -0.396 e. The topological polar surface area (TPSA) is 92.4 Å². The Labute approximate surface area is 116 Å². The van der Waals surface area contributed by atoms with Crippen molar-refractivity contribution in [3.63, 3.8) is 0 Å². The van der Waals surface area contributed by atoms with Crippen molar-refractivity contribution in [1.82, 2.24) is 4.72 Å². The van der Waals surface area contributed by atoms with Crippen LogP contribution in [0, 0.1) is 5.82 Å². The Morgan fingerprint density at radius 3 is 2.74 bits per heavy atom. The molecule has 0 aliphatic heterocycles. The molecule has 1 atom stereocenters. The molecular formula is C11H16ClFN2O3S. The number of nitrogens with one attached hydrogen (secondary N) is 1. The number of nitrogen functional groups attached to an aromatic ring is 1. The number of nitrogens with two attached hydrogens (primary N) is 1. The summed E-state index contributed by atoms with van der Waals surface area (Å²) >= 11 is 5.65. The molecule has 0 fully saturated rings. The molecule has 0 aromatic heterocycles. The largest absolute Gasteiger partial charge is 0.396 e. The van der Waals surface area contributed by atoms with Gasteiger partial charge in [-0.25, -0.2) is 17.5 Å². The summed E-state index contributed by atoms with van der Waals surface area (Å²) in [6.07, 6.45) is 0.337. The van der Waals surface area contributed by atoms with Gasteiger partial charge in [-0.2, -0.15) is 0 Å². The van der Waals surface area contributed by atoms with E-state index in [1.165, 1.54) is 0 Å². The predicted octanol–water partition coefficient (Wildman–Crippen LogP) is 1.50. The second kappa shape index (κ2) is 6.51. The minimum absolute atomic E-state index is 0.0216. The number of anilines is 1. The highest BCUT2D eigenvalue weighted by atomic mass is 35.5. The van der Waals surface area contributed by atoms with E-state index in [-0.39, 0.29) is 17.3 Å². The summed E-state index contributed by atoms with van der Waals surface area (Å²) in [5.41, 5.74) is 4.98. The molecule has 0 amide bonds. The van der Waals surface area contributed by atoms with Crippen molar-refractivity contribution in [3.8, 4) is 0 Å². The Balaban J connectivity index is 2.95. The number of sulfonamides is 1. The molecule has 8 heteroatoms. The van der Waals surface area contributed by atoms with Gasteiger partial charge >= 0.3 is 0 Å². The maximum atomic E-state index is 13.7. The summed E-state index contributed by atoms with van der Waals surface area (Å²) in [6, 6.07) is 2.10. The third kappa shape index (κ3) is 4.31. The molecule has 0 saturated heterocycles. The van der Waals surface area contributed by atoms with Gasteiger partial charge in [0.05, 0.1) is 11.8 Å². The summed E-state index contributed by atoms with van der Waals surface area (Å²) < 4.78 is 39.6. The van der Waals surface area contributed by atoms with Gasteiger partial charge in [0.15, 0.2) is 5.82 Å². The predicted molar refractivity (Wildman–Crippen MR) is 71.9 cm³/mol. The first-order chi connectivity index (χ1) is 8.77. The molecule has 1 unspecified atom stereocenters. The summed E-state index contributed by atoms with van der Waals surface area (Å²) in [7, 11) is -4.10. The third-order valence-electron chi connectivity index (χ3n) is 2.45. The zero-order valence-corrected chi connectivity index (χ0v) is 11.9. The fourth-order valence-electron chi connectivity index (χ4n) is 1.50. The molecule has 0 aliphatic rings. The molecule has 5 nitrogen and oxygen atoms in total. The second-order valence-electron chi connectivity index (χ2n) is 4.10. The van der Waals surface area contributed by atoms with Crippen LogP contribution >= 0.6 is 11.6 Å². The van der Waals surface area contributed by atoms with Crippen molar-refractivity contribution < 1.29 is 17.9 Å². The van der Waals surface area contributed by atoms with Gasteiger partial charge in [0.1, 0.15) is 4.90 Å². The molecule has 19 heavy (non-hydrogen) atoms. The van der Waals surface area contributed by atoms with E-state index in [0.717, 1.165) is 12.1 Å². The highest BCUT2D eigenvalue weighted by molar-refractivity contribution is 7.89. The molecular weight excluding hydrogens is 295 g/mol. The zero-order chi connectivity index (χ0) is 14.6. The summed E-state index contributed by atoms with van der Waals surface area (Å²) in [5, 5.41) is 9.49. The summed E-state index contributed by atoms with van der Waals surface area (Å²) in [4.78, 5) is -0.624. The van der Waals surface area contributed by atoms with Crippen LogP contribution < -0.4 is 10.5 Å². The van der Waals surface area contributed by atoms with Gasteiger partial charge < -0.3 is 10.8 Å². The van der Waals surface area contributed by atoms with Crippen LogP contribution in [0.5, 0.6) is 0 Å². The molecule has 1 aromatic carbocycles. The normalized spacial score (nSPS) is 13.5. The van der Waals surface area contributed by atoms with E-state index >= 15 is 0 Å². The van der Waals surface area contributed by atoms with E-state index in [2.05, 4.69) is 4.72 Å². The third-order valence-corrected chi connectivity index (χ3v) is 4.09. The molecule has 1 aromatic rings. The number of aliphatic hydroxyl groups is 1. The average Bonchev–Trinajstić information content (AvgIpc) is 2.31. The fraction of sp³-hybridized carbons (Fsp3) is 0.455. The lowest BCUT2D eigenvalue weighted by atomic mass is 10.2. The number of hydrogen-bond acceptors (Lipinski definition) is 4. The van der Waals surface area contributed by atoms with Crippen molar-refractivity contribution in [2.45, 2.75) is 30.8 Å². The maximum Gasteiger partial charge on any atom is 0.243 e. The lowest BCUT2D eigenvalue weighted by Gasteiger charge is -2.12. The van der Waals surface area contributed by atoms with Gasteiger partial charge in [-0.05, 0) is 18.6 Å². The first-order valence-electron chi connectivity index (χ1n) is 5.70. The number of aliphatic hydroxyl groups excluding tert-OH is 1. The highest BCUT2D eigenvalue weighted by Gasteiger charge is 2.22. The molecule has 108 valence electrons. The van der Waals surface area contributed by atoms with E-state index in [1.54, 1.807) is 0 Å². The summed E-state index contributed by atoms with van der Waals surface area (Å²) in [5.74, 6) is -1.05. The first kappa shape index (κ1) is 16.2. The van der Waals surface area contributed by atoms with Gasteiger partial charge in [0.2, 0.25) is 10.0 Å². The lowest BCUT2D eigenvalue weighted by molar-refractivity contribution is 0.167. The molecule has 0 saturated carbocycles. The van der Waals surface area contributed by atoms with E-state index < -0.39 is 26.8 Å². The number of benzene rings is 1. The average molecular weight is 311 g/mol. The number of halogens is 2. The fourth-order valence-corrected chi connectivity index (χ4v) is 2.99. The van der Waals surface area contributed by atoms with Crippen LogP contribution in [0.2, 0.25) is 5.02 Å². The van der Waals surface area contributed by atoms with Crippen LogP contribution in [-0.4, -0.2) is 26.2 Å². The van der Waals surface area contributed by atoms with Crippen molar-refractivity contribution in [2.24, 2.45) is 0 Å². The Kier molecular flexibility index (Phi) is 5.54. The van der Waals surface area contributed by atoms with E-state index in [0.29, 0.717) is 12.8 Å². The van der Waals surface area contributed by atoms with Crippen molar-refractivity contribution in [1.29, 1.82) is 0 Å². The Hall–Kier alpha value is -0.890. The molecule has 0 radical (unpaired) electrons. The molecule has 0 spiro atoms. The minimum atomic E-state index is -4.10. The van der Waals surface area contributed by atoms with Gasteiger partial charge in [0, 0.05) is 11.6 Å². The van der Waals surface area contributed by atoms with Crippen LogP contribution in [0.3, 0.4) is 0 Å². The number of hydrogen-bond donors (Lipinski definition) is 3. The SMILES string of the molecule is CCCC(O)CNS(=O)(=O)c1cc(Cl)cc(N)c1F. The van der Waals surface area contributed by atoms with E-state index in [1.807, 2.05) is 6.92 Å². The quantitative estimate of drug-likeness (QED) is 0.694. The first-order valence-corrected chi connectivity index (χ1v) is 7.56. The standard InChI is InChI=1S/C11H16ClFN2O3S/c1-2-3-8(16)6-15-19(17,18)10-5-7(12)4-9(14)11(10)13/h4-5,8,15-16H,2-3,6,14H2,1H3. The number of rotatable bonds is 6. The van der Waals surface area contributed by atoms with Gasteiger partial charge in [0.25, 0.3) is 0 Å². The Bertz CT molecular complexity index is 551.